The Morgan fingerprint density at radius 3 is 2.37 bits per heavy atom. The lowest BCUT2D eigenvalue weighted by molar-refractivity contribution is -0.142. The molecule has 2 rings (SSSR count). The number of morpholine rings is 1. The molecule has 9 nitrogen and oxygen atoms in total. The summed E-state index contributed by atoms with van der Waals surface area (Å²) in [5.41, 5.74) is 0.657. The summed E-state index contributed by atoms with van der Waals surface area (Å²) >= 11 is 0. The molecule has 1 unspecified atom stereocenters. The summed E-state index contributed by atoms with van der Waals surface area (Å²) in [7, 11) is 0. The highest BCUT2D eigenvalue weighted by molar-refractivity contribution is 5.90. The Kier molecular flexibility index (Phi) is 7.56. The van der Waals surface area contributed by atoms with Gasteiger partial charge in [0.1, 0.15) is 17.8 Å². The molecule has 0 bridgehead atoms. The Morgan fingerprint density at radius 2 is 1.78 bits per heavy atom. The van der Waals surface area contributed by atoms with Crippen molar-refractivity contribution >= 4 is 17.8 Å². The largest absolute Gasteiger partial charge is 0.508 e. The molecule has 1 fully saturated rings. The van der Waals surface area contributed by atoms with E-state index < -0.39 is 24.0 Å². The summed E-state index contributed by atoms with van der Waals surface area (Å²) in [6.45, 7) is 4.12. The lowest BCUT2D eigenvalue weighted by Gasteiger charge is -2.26. The van der Waals surface area contributed by atoms with E-state index in [2.05, 4.69) is 10.6 Å². The molecule has 4 N–H and O–H groups in total. The Labute approximate surface area is 157 Å². The van der Waals surface area contributed by atoms with Gasteiger partial charge in [-0.1, -0.05) is 12.1 Å². The predicted octanol–water partition coefficient (Wildman–Crippen LogP) is -0.659. The van der Waals surface area contributed by atoms with E-state index in [4.69, 9.17) is 4.74 Å². The molecule has 1 aromatic carbocycles. The molecule has 9 heteroatoms. The molecule has 1 aliphatic rings. The molecule has 1 saturated heterocycles. The quantitative estimate of drug-likeness (QED) is 0.472. The smallest absolute Gasteiger partial charge is 0.326 e. The summed E-state index contributed by atoms with van der Waals surface area (Å²) < 4.78 is 5.22. The monoisotopic (exact) mass is 379 g/mol. The van der Waals surface area contributed by atoms with Crippen molar-refractivity contribution in [1.82, 2.24) is 15.5 Å². The number of carbonyl (C=O) groups excluding carboxylic acids is 2. The van der Waals surface area contributed by atoms with Crippen LogP contribution in [-0.2, 0) is 25.5 Å². The molecule has 0 radical (unpaired) electrons. The van der Waals surface area contributed by atoms with Gasteiger partial charge in [0.2, 0.25) is 11.8 Å². The van der Waals surface area contributed by atoms with Gasteiger partial charge < -0.3 is 25.6 Å². The Bertz CT molecular complexity index is 658. The van der Waals surface area contributed by atoms with E-state index in [1.165, 1.54) is 19.1 Å². The molecule has 0 spiro atoms. The molecule has 1 aliphatic heterocycles. The van der Waals surface area contributed by atoms with Crippen molar-refractivity contribution in [3.63, 3.8) is 0 Å². The zero-order valence-corrected chi connectivity index (χ0v) is 15.2. The number of aliphatic carboxylic acids is 1. The lowest BCUT2D eigenvalue weighted by Crippen LogP contribution is -2.53. The van der Waals surface area contributed by atoms with E-state index in [1.54, 1.807) is 12.1 Å². The van der Waals surface area contributed by atoms with Crippen LogP contribution in [0, 0.1) is 0 Å². The van der Waals surface area contributed by atoms with Crippen LogP contribution in [0.2, 0.25) is 0 Å². The van der Waals surface area contributed by atoms with Gasteiger partial charge in [-0.15, -0.1) is 0 Å². The molecule has 0 saturated carbocycles. The lowest BCUT2D eigenvalue weighted by atomic mass is 10.1. The minimum absolute atomic E-state index is 0.0653. The fraction of sp³-hybridized carbons (Fsp3) is 0.500. The van der Waals surface area contributed by atoms with E-state index in [9.17, 15) is 24.6 Å². The minimum Gasteiger partial charge on any atom is -0.508 e. The SMILES string of the molecule is CC(NC(=O)CN1CCOCC1)C(=O)N[C@@H](Cc1ccc(O)cc1)C(=O)O. The van der Waals surface area contributed by atoms with E-state index in [0.717, 1.165) is 0 Å². The third-order valence-corrected chi connectivity index (χ3v) is 4.23. The average molecular weight is 379 g/mol. The maximum Gasteiger partial charge on any atom is 0.326 e. The van der Waals surface area contributed by atoms with Crippen LogP contribution < -0.4 is 10.6 Å². The molecule has 148 valence electrons. The number of phenolic OH excluding ortho intramolecular Hbond substituents is 1. The number of nitrogens with one attached hydrogen (secondary N) is 2. The second-order valence-electron chi connectivity index (χ2n) is 6.45. The van der Waals surface area contributed by atoms with Crippen LogP contribution in [0.5, 0.6) is 5.75 Å². The third kappa shape index (κ3) is 6.87. The predicted molar refractivity (Wildman–Crippen MR) is 96.2 cm³/mol. The number of hydrogen-bond acceptors (Lipinski definition) is 6. The highest BCUT2D eigenvalue weighted by Gasteiger charge is 2.25. The van der Waals surface area contributed by atoms with Gasteiger partial charge in [0.15, 0.2) is 0 Å². The summed E-state index contributed by atoms with van der Waals surface area (Å²) in [6.07, 6.45) is 0.0653. The zero-order valence-electron chi connectivity index (χ0n) is 15.2. The molecular weight excluding hydrogens is 354 g/mol. The fourth-order valence-corrected chi connectivity index (χ4v) is 2.68. The van der Waals surface area contributed by atoms with Gasteiger partial charge in [-0.05, 0) is 24.6 Å². The van der Waals surface area contributed by atoms with E-state index in [1.807, 2.05) is 4.90 Å². The number of phenols is 1. The Balaban J connectivity index is 1.84. The van der Waals surface area contributed by atoms with Crippen LogP contribution in [0.4, 0.5) is 0 Å². The number of hydrogen-bond donors (Lipinski definition) is 4. The van der Waals surface area contributed by atoms with Crippen LogP contribution in [0.1, 0.15) is 12.5 Å². The highest BCUT2D eigenvalue weighted by Crippen LogP contribution is 2.11. The third-order valence-electron chi connectivity index (χ3n) is 4.23. The summed E-state index contributed by atoms with van der Waals surface area (Å²) in [5, 5.41) is 23.7. The van der Waals surface area contributed by atoms with Crippen LogP contribution in [0.15, 0.2) is 24.3 Å². The number of carboxylic acid groups (broad SMARTS) is 1. The maximum atomic E-state index is 12.3. The van der Waals surface area contributed by atoms with Gasteiger partial charge in [-0.2, -0.15) is 0 Å². The molecular formula is C18H25N3O6. The molecule has 2 atom stereocenters. The van der Waals surface area contributed by atoms with E-state index in [-0.39, 0.29) is 24.6 Å². The second-order valence-corrected chi connectivity index (χ2v) is 6.45. The minimum atomic E-state index is -1.18. The van der Waals surface area contributed by atoms with Crippen LogP contribution in [-0.4, -0.2) is 77.8 Å². The number of carboxylic acids is 1. The number of carbonyl (C=O) groups is 3. The summed E-state index contributed by atoms with van der Waals surface area (Å²) in [4.78, 5) is 37.7. The normalized spacial score (nSPS) is 16.9. The average Bonchev–Trinajstić information content (AvgIpc) is 2.63. The Hall–Kier alpha value is -2.65. The zero-order chi connectivity index (χ0) is 19.8. The van der Waals surface area contributed by atoms with Crippen LogP contribution in [0.3, 0.4) is 0 Å². The van der Waals surface area contributed by atoms with Gasteiger partial charge >= 0.3 is 5.97 Å². The van der Waals surface area contributed by atoms with Crippen LogP contribution >= 0.6 is 0 Å². The standard InChI is InChI=1S/C18H25N3O6/c1-12(19-16(23)11-21-6-8-27-9-7-21)17(24)20-15(18(25)26)10-13-2-4-14(22)5-3-13/h2-5,12,15,22H,6-11H2,1H3,(H,19,23)(H,20,24)(H,25,26)/t12?,15-/m0/s1. The molecule has 27 heavy (non-hydrogen) atoms. The van der Waals surface area contributed by atoms with Crippen molar-refractivity contribution in [2.75, 3.05) is 32.8 Å². The van der Waals surface area contributed by atoms with Crippen molar-refractivity contribution in [3.8, 4) is 5.75 Å². The second kappa shape index (κ2) is 9.89. The molecule has 2 amide bonds. The van der Waals surface area contributed by atoms with Crippen molar-refractivity contribution in [3.05, 3.63) is 29.8 Å². The maximum absolute atomic E-state index is 12.3. The number of amides is 2. The van der Waals surface area contributed by atoms with Gasteiger partial charge in [0.25, 0.3) is 0 Å². The number of rotatable bonds is 8. The van der Waals surface area contributed by atoms with Crippen molar-refractivity contribution < 1.29 is 29.3 Å². The molecule has 1 heterocycles. The first-order valence-corrected chi connectivity index (χ1v) is 8.75. The number of ether oxygens (including phenoxy) is 1. The molecule has 0 aromatic heterocycles. The number of nitrogens with zero attached hydrogens (tertiary/aromatic N) is 1. The van der Waals surface area contributed by atoms with Crippen LogP contribution in [0.25, 0.3) is 0 Å². The topological polar surface area (TPSA) is 128 Å². The number of benzene rings is 1. The molecule has 1 aromatic rings. The Morgan fingerprint density at radius 1 is 1.15 bits per heavy atom. The van der Waals surface area contributed by atoms with E-state index >= 15 is 0 Å². The van der Waals surface area contributed by atoms with Gasteiger partial charge in [-0.3, -0.25) is 14.5 Å². The number of aromatic hydroxyl groups is 1. The van der Waals surface area contributed by atoms with E-state index in [0.29, 0.717) is 31.9 Å². The first kappa shape index (κ1) is 20.7. The van der Waals surface area contributed by atoms with Gasteiger partial charge in [-0.25, -0.2) is 4.79 Å². The first-order valence-electron chi connectivity index (χ1n) is 8.75. The van der Waals surface area contributed by atoms with Gasteiger partial charge in [0.05, 0.1) is 19.8 Å². The van der Waals surface area contributed by atoms with Crippen molar-refractivity contribution in [2.45, 2.75) is 25.4 Å². The summed E-state index contributed by atoms with van der Waals surface area (Å²) in [5.74, 6) is -1.98. The highest BCUT2D eigenvalue weighted by atomic mass is 16.5. The summed E-state index contributed by atoms with van der Waals surface area (Å²) in [6, 6.07) is 4.08. The van der Waals surface area contributed by atoms with Gasteiger partial charge in [0, 0.05) is 19.5 Å². The van der Waals surface area contributed by atoms with Crippen molar-refractivity contribution in [2.24, 2.45) is 0 Å². The fourth-order valence-electron chi connectivity index (χ4n) is 2.68. The molecule has 0 aliphatic carbocycles. The first-order chi connectivity index (χ1) is 12.8. The van der Waals surface area contributed by atoms with Crippen molar-refractivity contribution in [1.29, 1.82) is 0 Å².